The highest BCUT2D eigenvalue weighted by molar-refractivity contribution is 8.00. The second kappa shape index (κ2) is 5.25. The molecular weight excluding hydrogens is 262 g/mol. The molecular formula is C14H17NO3S. The summed E-state index contributed by atoms with van der Waals surface area (Å²) in [4.78, 5) is 25.4. The Morgan fingerprint density at radius 1 is 1.32 bits per heavy atom. The monoisotopic (exact) mass is 279 g/mol. The zero-order valence-electron chi connectivity index (χ0n) is 11.2. The standard InChI is InChI=1S/C14H17NO3S/c1-8-5-4-6-9(2)12(8)13(16)15-10(3)19-7-11(15)14(17)18/h4-6,10-11H,7H2,1-3H3,(H,17,18). The first kappa shape index (κ1) is 13.9. The van der Waals surface area contributed by atoms with Gasteiger partial charge in [-0.1, -0.05) is 18.2 Å². The number of amides is 1. The fourth-order valence-corrected chi connectivity index (χ4v) is 3.59. The van der Waals surface area contributed by atoms with Gasteiger partial charge in [0.1, 0.15) is 6.04 Å². The van der Waals surface area contributed by atoms with Crippen LogP contribution in [0.4, 0.5) is 0 Å². The molecule has 1 aromatic carbocycles. The molecule has 19 heavy (non-hydrogen) atoms. The summed E-state index contributed by atoms with van der Waals surface area (Å²) >= 11 is 1.50. The minimum Gasteiger partial charge on any atom is -0.480 e. The van der Waals surface area contributed by atoms with Crippen molar-refractivity contribution < 1.29 is 14.7 Å². The average molecular weight is 279 g/mol. The molecule has 0 spiro atoms. The molecule has 0 aromatic heterocycles. The van der Waals surface area contributed by atoms with E-state index in [9.17, 15) is 14.7 Å². The Kier molecular flexibility index (Phi) is 3.85. The van der Waals surface area contributed by atoms with Gasteiger partial charge in [0.15, 0.2) is 0 Å². The smallest absolute Gasteiger partial charge is 0.327 e. The van der Waals surface area contributed by atoms with E-state index in [0.29, 0.717) is 11.3 Å². The summed E-state index contributed by atoms with van der Waals surface area (Å²) in [5.41, 5.74) is 2.40. The van der Waals surface area contributed by atoms with Crippen molar-refractivity contribution in [3.05, 3.63) is 34.9 Å². The van der Waals surface area contributed by atoms with Crippen molar-refractivity contribution in [2.45, 2.75) is 32.2 Å². The third-order valence-corrected chi connectivity index (χ3v) is 4.66. The van der Waals surface area contributed by atoms with E-state index in [2.05, 4.69) is 0 Å². The molecule has 1 saturated heterocycles. The number of aliphatic carboxylic acids is 1. The molecule has 1 aliphatic rings. The highest BCUT2D eigenvalue weighted by atomic mass is 32.2. The van der Waals surface area contributed by atoms with Crippen LogP contribution < -0.4 is 0 Å². The lowest BCUT2D eigenvalue weighted by Crippen LogP contribution is -2.45. The molecule has 1 N–H and O–H groups in total. The Balaban J connectivity index is 2.40. The Hall–Kier alpha value is -1.49. The first-order valence-corrected chi connectivity index (χ1v) is 7.21. The molecule has 5 heteroatoms. The van der Waals surface area contributed by atoms with E-state index in [1.807, 2.05) is 39.0 Å². The van der Waals surface area contributed by atoms with Crippen LogP contribution in [-0.4, -0.2) is 39.1 Å². The summed E-state index contributed by atoms with van der Waals surface area (Å²) in [6.07, 6.45) is 0. The molecule has 1 aromatic rings. The maximum Gasteiger partial charge on any atom is 0.327 e. The third kappa shape index (κ3) is 2.47. The van der Waals surface area contributed by atoms with Crippen LogP contribution in [0, 0.1) is 13.8 Å². The minimum absolute atomic E-state index is 0.104. The lowest BCUT2D eigenvalue weighted by molar-refractivity contribution is -0.141. The molecule has 0 saturated carbocycles. The molecule has 4 nitrogen and oxygen atoms in total. The van der Waals surface area contributed by atoms with Crippen molar-refractivity contribution in [3.8, 4) is 0 Å². The van der Waals surface area contributed by atoms with E-state index in [1.165, 1.54) is 16.7 Å². The predicted octanol–water partition coefficient (Wildman–Crippen LogP) is 2.29. The maximum absolute atomic E-state index is 12.7. The molecule has 1 heterocycles. The van der Waals surface area contributed by atoms with Crippen LogP contribution in [0.15, 0.2) is 18.2 Å². The quantitative estimate of drug-likeness (QED) is 0.902. The highest BCUT2D eigenvalue weighted by Crippen LogP contribution is 2.31. The van der Waals surface area contributed by atoms with Gasteiger partial charge < -0.3 is 10.0 Å². The van der Waals surface area contributed by atoms with E-state index < -0.39 is 12.0 Å². The molecule has 102 valence electrons. The maximum atomic E-state index is 12.7. The Bertz CT molecular complexity index is 509. The van der Waals surface area contributed by atoms with Gasteiger partial charge in [-0.25, -0.2) is 4.79 Å². The average Bonchev–Trinajstić information content (AvgIpc) is 2.70. The first-order chi connectivity index (χ1) is 8.93. The number of nitrogens with zero attached hydrogens (tertiary/aromatic N) is 1. The Morgan fingerprint density at radius 3 is 2.42 bits per heavy atom. The van der Waals surface area contributed by atoms with Gasteiger partial charge in [-0.05, 0) is 31.9 Å². The molecule has 2 atom stereocenters. The van der Waals surface area contributed by atoms with E-state index >= 15 is 0 Å². The lowest BCUT2D eigenvalue weighted by Gasteiger charge is -2.26. The second-order valence-corrected chi connectivity index (χ2v) is 6.11. The third-order valence-electron chi connectivity index (χ3n) is 3.44. The van der Waals surface area contributed by atoms with Crippen LogP contribution in [0.2, 0.25) is 0 Å². The van der Waals surface area contributed by atoms with Crippen LogP contribution in [-0.2, 0) is 4.79 Å². The number of benzene rings is 1. The van der Waals surface area contributed by atoms with E-state index in [-0.39, 0.29) is 11.3 Å². The highest BCUT2D eigenvalue weighted by Gasteiger charge is 2.40. The summed E-state index contributed by atoms with van der Waals surface area (Å²) < 4.78 is 0. The SMILES string of the molecule is Cc1cccc(C)c1C(=O)N1C(C)SCC1C(=O)O. The fourth-order valence-electron chi connectivity index (χ4n) is 2.42. The molecule has 0 aliphatic carbocycles. The molecule has 2 rings (SSSR count). The summed E-state index contributed by atoms with van der Waals surface area (Å²) in [6.45, 7) is 5.63. The van der Waals surface area contributed by atoms with E-state index in [0.717, 1.165) is 11.1 Å². The van der Waals surface area contributed by atoms with Gasteiger partial charge in [-0.2, -0.15) is 0 Å². The topological polar surface area (TPSA) is 57.6 Å². The number of carboxylic acid groups (broad SMARTS) is 1. The van der Waals surface area contributed by atoms with Gasteiger partial charge in [-0.3, -0.25) is 4.79 Å². The number of rotatable bonds is 2. The van der Waals surface area contributed by atoms with Crippen molar-refractivity contribution in [1.82, 2.24) is 4.90 Å². The number of hydrogen-bond acceptors (Lipinski definition) is 3. The Labute approximate surface area is 116 Å². The zero-order chi connectivity index (χ0) is 14.2. The zero-order valence-corrected chi connectivity index (χ0v) is 12.0. The number of thioether (sulfide) groups is 1. The molecule has 0 bridgehead atoms. The van der Waals surface area contributed by atoms with Crippen molar-refractivity contribution >= 4 is 23.6 Å². The normalized spacial score (nSPS) is 22.6. The second-order valence-electron chi connectivity index (χ2n) is 4.77. The summed E-state index contributed by atoms with van der Waals surface area (Å²) in [5.74, 6) is -0.662. The van der Waals surface area contributed by atoms with E-state index in [4.69, 9.17) is 0 Å². The van der Waals surface area contributed by atoms with Crippen molar-refractivity contribution in [3.63, 3.8) is 0 Å². The summed E-state index contributed by atoms with van der Waals surface area (Å²) in [5, 5.41) is 9.12. The molecule has 2 unspecified atom stereocenters. The van der Waals surface area contributed by atoms with Crippen molar-refractivity contribution in [2.75, 3.05) is 5.75 Å². The lowest BCUT2D eigenvalue weighted by atomic mass is 10.0. The summed E-state index contributed by atoms with van der Waals surface area (Å²) in [7, 11) is 0. The van der Waals surface area contributed by atoms with Crippen molar-refractivity contribution in [2.24, 2.45) is 0 Å². The van der Waals surface area contributed by atoms with Gasteiger partial charge in [0.05, 0.1) is 5.37 Å². The first-order valence-electron chi connectivity index (χ1n) is 6.16. The van der Waals surface area contributed by atoms with Crippen molar-refractivity contribution in [1.29, 1.82) is 0 Å². The van der Waals surface area contributed by atoms with Crippen LogP contribution in [0.3, 0.4) is 0 Å². The van der Waals surface area contributed by atoms with Crippen LogP contribution in [0.5, 0.6) is 0 Å². The molecule has 0 radical (unpaired) electrons. The van der Waals surface area contributed by atoms with Crippen LogP contribution in [0.1, 0.15) is 28.4 Å². The van der Waals surface area contributed by atoms with Gasteiger partial charge >= 0.3 is 5.97 Å². The predicted molar refractivity (Wildman–Crippen MR) is 75.4 cm³/mol. The van der Waals surface area contributed by atoms with E-state index in [1.54, 1.807) is 0 Å². The summed E-state index contributed by atoms with van der Waals surface area (Å²) in [6, 6.07) is 4.93. The van der Waals surface area contributed by atoms with Gasteiger partial charge in [0.25, 0.3) is 5.91 Å². The van der Waals surface area contributed by atoms with Gasteiger partial charge in [0, 0.05) is 11.3 Å². The van der Waals surface area contributed by atoms with Crippen LogP contribution in [0.25, 0.3) is 0 Å². The number of carboxylic acids is 1. The molecule has 1 fully saturated rings. The van der Waals surface area contributed by atoms with Gasteiger partial charge in [0.2, 0.25) is 0 Å². The number of aryl methyl sites for hydroxylation is 2. The number of carbonyl (C=O) groups excluding carboxylic acids is 1. The Morgan fingerprint density at radius 2 is 1.89 bits per heavy atom. The van der Waals surface area contributed by atoms with Gasteiger partial charge in [-0.15, -0.1) is 11.8 Å². The fraction of sp³-hybridized carbons (Fsp3) is 0.429. The molecule has 1 aliphatic heterocycles. The minimum atomic E-state index is -0.934. The number of hydrogen-bond donors (Lipinski definition) is 1. The largest absolute Gasteiger partial charge is 0.480 e. The molecule has 1 amide bonds. The number of carbonyl (C=O) groups is 2. The van der Waals surface area contributed by atoms with Crippen LogP contribution >= 0.6 is 11.8 Å².